The fourth-order valence-corrected chi connectivity index (χ4v) is 5.03. The van der Waals surface area contributed by atoms with Crippen LogP contribution in [0.25, 0.3) is 0 Å². The first kappa shape index (κ1) is 15.9. The Balaban J connectivity index is 2.49. The standard InChI is InChI=1S/C14H21BrN2O2S/c1-4-17(12-5-6-12)20(18,19)14-8-11(9-16-3)7-13(15)10(14)2/h7-8,12,16H,4-6,9H2,1-3H3. The van der Waals surface area contributed by atoms with Crippen LogP contribution in [0.15, 0.2) is 21.5 Å². The summed E-state index contributed by atoms with van der Waals surface area (Å²) in [5.41, 5.74) is 1.75. The quantitative estimate of drug-likeness (QED) is 0.848. The topological polar surface area (TPSA) is 49.4 Å². The van der Waals surface area contributed by atoms with Gasteiger partial charge in [-0.1, -0.05) is 22.9 Å². The Morgan fingerprint density at radius 1 is 1.40 bits per heavy atom. The lowest BCUT2D eigenvalue weighted by molar-refractivity contribution is 0.420. The minimum atomic E-state index is -3.41. The van der Waals surface area contributed by atoms with Crippen molar-refractivity contribution in [2.75, 3.05) is 13.6 Å². The lowest BCUT2D eigenvalue weighted by atomic mass is 10.1. The minimum absolute atomic E-state index is 0.191. The lowest BCUT2D eigenvalue weighted by Crippen LogP contribution is -2.33. The van der Waals surface area contributed by atoms with Crippen LogP contribution >= 0.6 is 15.9 Å². The molecule has 0 spiro atoms. The van der Waals surface area contributed by atoms with Crippen LogP contribution in [0.1, 0.15) is 30.9 Å². The van der Waals surface area contributed by atoms with Crippen LogP contribution in [-0.4, -0.2) is 32.4 Å². The molecule has 0 amide bonds. The summed E-state index contributed by atoms with van der Waals surface area (Å²) in [7, 11) is -1.55. The maximum absolute atomic E-state index is 12.9. The molecule has 4 nitrogen and oxygen atoms in total. The van der Waals surface area contributed by atoms with Gasteiger partial charge in [0.15, 0.2) is 0 Å². The molecule has 0 bridgehead atoms. The molecule has 2 rings (SSSR count). The second-order valence-corrected chi connectivity index (χ2v) is 7.88. The van der Waals surface area contributed by atoms with Crippen molar-refractivity contribution in [2.24, 2.45) is 0 Å². The zero-order valence-corrected chi connectivity index (χ0v) is 14.5. The third kappa shape index (κ3) is 3.08. The van der Waals surface area contributed by atoms with Crippen LogP contribution in [0, 0.1) is 6.92 Å². The number of nitrogens with zero attached hydrogens (tertiary/aromatic N) is 1. The van der Waals surface area contributed by atoms with Crippen LogP contribution in [0.3, 0.4) is 0 Å². The van der Waals surface area contributed by atoms with Crippen molar-refractivity contribution in [2.45, 2.75) is 44.2 Å². The van der Waals surface area contributed by atoms with Crippen molar-refractivity contribution in [3.05, 3.63) is 27.7 Å². The molecule has 1 aliphatic rings. The van der Waals surface area contributed by atoms with Gasteiger partial charge in [0, 0.05) is 23.6 Å². The van der Waals surface area contributed by atoms with Crippen molar-refractivity contribution >= 4 is 26.0 Å². The van der Waals surface area contributed by atoms with Crippen LogP contribution in [0.2, 0.25) is 0 Å². The van der Waals surface area contributed by atoms with Gasteiger partial charge in [0.1, 0.15) is 0 Å². The molecule has 1 N–H and O–H groups in total. The summed E-state index contributed by atoms with van der Waals surface area (Å²) in [6, 6.07) is 3.95. The Hall–Kier alpha value is -0.430. The van der Waals surface area contributed by atoms with E-state index in [1.54, 1.807) is 10.4 Å². The van der Waals surface area contributed by atoms with Crippen molar-refractivity contribution in [1.82, 2.24) is 9.62 Å². The van der Waals surface area contributed by atoms with E-state index in [1.807, 2.05) is 27.0 Å². The van der Waals surface area contributed by atoms with Crippen LogP contribution < -0.4 is 5.32 Å². The molecule has 0 radical (unpaired) electrons. The van der Waals surface area contributed by atoms with Crippen LogP contribution in [0.4, 0.5) is 0 Å². The number of nitrogens with one attached hydrogen (secondary N) is 1. The molecule has 0 aliphatic heterocycles. The Kier molecular flexibility index (Phi) is 4.89. The van der Waals surface area contributed by atoms with Gasteiger partial charge in [0.25, 0.3) is 0 Å². The van der Waals surface area contributed by atoms with Crippen molar-refractivity contribution in [3.8, 4) is 0 Å². The van der Waals surface area contributed by atoms with Gasteiger partial charge in [-0.05, 0) is 50.1 Å². The molecule has 112 valence electrons. The number of hydrogen-bond donors (Lipinski definition) is 1. The molecule has 6 heteroatoms. The van der Waals surface area contributed by atoms with Gasteiger partial charge in [0.05, 0.1) is 4.90 Å². The van der Waals surface area contributed by atoms with Gasteiger partial charge in [-0.2, -0.15) is 4.31 Å². The number of sulfonamides is 1. The molecule has 0 heterocycles. The second kappa shape index (κ2) is 6.13. The SMILES string of the molecule is CCN(C1CC1)S(=O)(=O)c1cc(CNC)cc(Br)c1C. The third-order valence-corrected chi connectivity index (χ3v) is 6.57. The van der Waals surface area contributed by atoms with Crippen molar-refractivity contribution in [1.29, 1.82) is 0 Å². The molecule has 0 saturated heterocycles. The molecule has 1 aliphatic carbocycles. The Labute approximate surface area is 129 Å². The average molecular weight is 361 g/mol. The highest BCUT2D eigenvalue weighted by atomic mass is 79.9. The van der Waals surface area contributed by atoms with Crippen LogP contribution in [0.5, 0.6) is 0 Å². The molecule has 1 aromatic rings. The molecular weight excluding hydrogens is 340 g/mol. The fraction of sp³-hybridized carbons (Fsp3) is 0.571. The first-order valence-electron chi connectivity index (χ1n) is 6.87. The molecule has 0 unspecified atom stereocenters. The van der Waals surface area contributed by atoms with E-state index in [-0.39, 0.29) is 6.04 Å². The molecule has 20 heavy (non-hydrogen) atoms. The normalized spacial score (nSPS) is 15.8. The minimum Gasteiger partial charge on any atom is -0.316 e. The van der Waals surface area contributed by atoms with Crippen molar-refractivity contribution < 1.29 is 8.42 Å². The smallest absolute Gasteiger partial charge is 0.243 e. The van der Waals surface area contributed by atoms with Gasteiger partial charge in [-0.3, -0.25) is 0 Å². The number of hydrogen-bond acceptors (Lipinski definition) is 3. The van der Waals surface area contributed by atoms with Gasteiger partial charge in [-0.25, -0.2) is 8.42 Å². The molecule has 1 saturated carbocycles. The van der Waals surface area contributed by atoms with Crippen LogP contribution in [-0.2, 0) is 16.6 Å². The van der Waals surface area contributed by atoms with E-state index >= 15 is 0 Å². The predicted molar refractivity (Wildman–Crippen MR) is 84.2 cm³/mol. The first-order chi connectivity index (χ1) is 9.41. The third-order valence-electron chi connectivity index (χ3n) is 3.59. The van der Waals surface area contributed by atoms with E-state index in [1.165, 1.54) is 0 Å². The number of halogens is 1. The summed E-state index contributed by atoms with van der Waals surface area (Å²) < 4.78 is 28.2. The van der Waals surface area contributed by atoms with E-state index in [0.29, 0.717) is 18.0 Å². The summed E-state index contributed by atoms with van der Waals surface area (Å²) in [4.78, 5) is 0.422. The van der Waals surface area contributed by atoms with E-state index in [4.69, 9.17) is 0 Å². The number of benzene rings is 1. The van der Waals surface area contributed by atoms with Gasteiger partial charge < -0.3 is 5.32 Å². The fourth-order valence-electron chi connectivity index (χ4n) is 2.39. The highest BCUT2D eigenvalue weighted by Crippen LogP contribution is 2.34. The molecular formula is C14H21BrN2O2S. The zero-order valence-electron chi connectivity index (χ0n) is 12.1. The first-order valence-corrected chi connectivity index (χ1v) is 9.10. The largest absolute Gasteiger partial charge is 0.316 e. The summed E-state index contributed by atoms with van der Waals surface area (Å²) in [6.45, 7) is 4.93. The average Bonchev–Trinajstić information content (AvgIpc) is 3.18. The zero-order chi connectivity index (χ0) is 14.9. The van der Waals surface area contributed by atoms with E-state index in [0.717, 1.165) is 28.4 Å². The summed E-state index contributed by atoms with van der Waals surface area (Å²) in [5.74, 6) is 0. The molecule has 1 fully saturated rings. The Bertz CT molecular complexity index is 597. The summed E-state index contributed by atoms with van der Waals surface area (Å²) in [5, 5.41) is 3.06. The van der Waals surface area contributed by atoms with E-state index in [2.05, 4.69) is 21.2 Å². The second-order valence-electron chi connectivity index (χ2n) is 5.17. The predicted octanol–water partition coefficient (Wildman–Crippen LogP) is 2.65. The van der Waals surface area contributed by atoms with Gasteiger partial charge in [0.2, 0.25) is 10.0 Å². The molecule has 0 aromatic heterocycles. The van der Waals surface area contributed by atoms with Crippen molar-refractivity contribution in [3.63, 3.8) is 0 Å². The maximum Gasteiger partial charge on any atom is 0.243 e. The lowest BCUT2D eigenvalue weighted by Gasteiger charge is -2.22. The summed E-state index contributed by atoms with van der Waals surface area (Å²) in [6.07, 6.45) is 1.95. The van der Waals surface area contributed by atoms with E-state index < -0.39 is 10.0 Å². The van der Waals surface area contributed by atoms with E-state index in [9.17, 15) is 8.42 Å². The monoisotopic (exact) mass is 360 g/mol. The van der Waals surface area contributed by atoms with Gasteiger partial charge in [-0.15, -0.1) is 0 Å². The molecule has 1 aromatic carbocycles. The van der Waals surface area contributed by atoms with Gasteiger partial charge >= 0.3 is 0 Å². The molecule has 0 atom stereocenters. The maximum atomic E-state index is 12.9. The highest BCUT2D eigenvalue weighted by Gasteiger charge is 2.37. The Morgan fingerprint density at radius 3 is 2.55 bits per heavy atom. The highest BCUT2D eigenvalue weighted by molar-refractivity contribution is 9.10. The summed E-state index contributed by atoms with van der Waals surface area (Å²) >= 11 is 3.47. The Morgan fingerprint density at radius 2 is 2.05 bits per heavy atom. The number of rotatable bonds is 6.